The summed E-state index contributed by atoms with van der Waals surface area (Å²) in [6, 6.07) is 6.28. The lowest BCUT2D eigenvalue weighted by Gasteiger charge is -2.10. The summed E-state index contributed by atoms with van der Waals surface area (Å²) in [6.07, 6.45) is 0. The van der Waals surface area contributed by atoms with Crippen LogP contribution in [-0.4, -0.2) is 26.8 Å². The Morgan fingerprint density at radius 1 is 1.26 bits per heavy atom. The molecule has 1 N–H and O–H groups in total. The van der Waals surface area contributed by atoms with E-state index >= 15 is 0 Å². The number of nitrogens with zero attached hydrogens (tertiary/aromatic N) is 4. The first kappa shape index (κ1) is 13.7. The molecule has 0 saturated carbocycles. The summed E-state index contributed by atoms with van der Waals surface area (Å²) in [4.78, 5) is 0. The molecular weight excluding hydrogens is 238 g/mol. The van der Waals surface area contributed by atoms with Crippen LogP contribution >= 0.6 is 0 Å². The fourth-order valence-corrected chi connectivity index (χ4v) is 2.02. The minimum absolute atomic E-state index is 0.616. The molecule has 0 aliphatic rings. The number of hydrogen-bond donors (Lipinski definition) is 1. The predicted octanol–water partition coefficient (Wildman–Crippen LogP) is 2.02. The quantitative estimate of drug-likeness (QED) is 0.892. The molecule has 2 aromatic rings. The van der Waals surface area contributed by atoms with Crippen molar-refractivity contribution in [3.05, 3.63) is 35.2 Å². The van der Waals surface area contributed by atoms with Gasteiger partial charge in [0.2, 0.25) is 0 Å². The van der Waals surface area contributed by atoms with Crippen molar-refractivity contribution in [2.24, 2.45) is 5.92 Å². The maximum Gasteiger partial charge on any atom is 0.170 e. The van der Waals surface area contributed by atoms with Crippen LogP contribution in [0.5, 0.6) is 0 Å². The van der Waals surface area contributed by atoms with Crippen molar-refractivity contribution >= 4 is 0 Å². The lowest BCUT2D eigenvalue weighted by atomic mass is 10.1. The van der Waals surface area contributed by atoms with Crippen LogP contribution in [0.15, 0.2) is 18.2 Å². The van der Waals surface area contributed by atoms with Gasteiger partial charge in [0.05, 0.1) is 12.2 Å². The first-order chi connectivity index (χ1) is 9.08. The Morgan fingerprint density at radius 3 is 2.74 bits per heavy atom. The number of nitrogens with one attached hydrogen (secondary N) is 1. The van der Waals surface area contributed by atoms with Crippen LogP contribution in [0.1, 0.15) is 30.8 Å². The molecule has 2 rings (SSSR count). The number of tetrazole rings is 1. The van der Waals surface area contributed by atoms with E-state index in [0.717, 1.165) is 18.1 Å². The fourth-order valence-electron chi connectivity index (χ4n) is 2.02. The van der Waals surface area contributed by atoms with Gasteiger partial charge in [0.25, 0.3) is 0 Å². The Bertz CT molecular complexity index is 545. The predicted molar refractivity (Wildman–Crippen MR) is 75.2 cm³/mol. The van der Waals surface area contributed by atoms with E-state index in [2.05, 4.69) is 66.7 Å². The Hall–Kier alpha value is -1.75. The molecule has 0 aliphatic carbocycles. The zero-order valence-electron chi connectivity index (χ0n) is 12.0. The van der Waals surface area contributed by atoms with Gasteiger partial charge < -0.3 is 5.32 Å². The molecule has 5 nitrogen and oxygen atoms in total. The van der Waals surface area contributed by atoms with Gasteiger partial charge >= 0.3 is 0 Å². The summed E-state index contributed by atoms with van der Waals surface area (Å²) in [5.74, 6) is 1.46. The fraction of sp³-hybridized carbons (Fsp3) is 0.500. The lowest BCUT2D eigenvalue weighted by molar-refractivity contribution is 0.537. The van der Waals surface area contributed by atoms with Crippen molar-refractivity contribution in [2.45, 2.75) is 34.2 Å². The molecule has 0 spiro atoms. The Kier molecular flexibility index (Phi) is 4.27. The second kappa shape index (κ2) is 5.93. The second-order valence-corrected chi connectivity index (χ2v) is 5.32. The summed E-state index contributed by atoms with van der Waals surface area (Å²) in [5.41, 5.74) is 3.46. The van der Waals surface area contributed by atoms with E-state index < -0.39 is 0 Å². The minimum atomic E-state index is 0.616. The smallest absolute Gasteiger partial charge is 0.170 e. The van der Waals surface area contributed by atoms with E-state index in [0.29, 0.717) is 12.5 Å². The molecule has 0 unspecified atom stereocenters. The average Bonchev–Trinajstić information content (AvgIpc) is 2.77. The highest BCUT2D eigenvalue weighted by atomic mass is 15.5. The molecule has 1 aromatic carbocycles. The molecule has 19 heavy (non-hydrogen) atoms. The van der Waals surface area contributed by atoms with E-state index in [9.17, 15) is 0 Å². The van der Waals surface area contributed by atoms with Gasteiger partial charge in [0.1, 0.15) is 0 Å². The van der Waals surface area contributed by atoms with Gasteiger partial charge in [-0.2, -0.15) is 4.68 Å². The molecule has 0 radical (unpaired) electrons. The van der Waals surface area contributed by atoms with Gasteiger partial charge in [-0.05, 0) is 48.4 Å². The van der Waals surface area contributed by atoms with E-state index in [1.54, 1.807) is 0 Å². The number of rotatable bonds is 5. The monoisotopic (exact) mass is 259 g/mol. The number of benzene rings is 1. The van der Waals surface area contributed by atoms with Crippen LogP contribution in [-0.2, 0) is 6.54 Å². The molecule has 0 amide bonds. The van der Waals surface area contributed by atoms with Crippen molar-refractivity contribution in [2.75, 3.05) is 6.54 Å². The second-order valence-electron chi connectivity index (χ2n) is 5.32. The van der Waals surface area contributed by atoms with E-state index in [4.69, 9.17) is 0 Å². The molecule has 0 aliphatic heterocycles. The van der Waals surface area contributed by atoms with Gasteiger partial charge in [0, 0.05) is 0 Å². The maximum atomic E-state index is 4.09. The molecular formula is C14H21N5. The summed E-state index contributed by atoms with van der Waals surface area (Å²) in [5, 5.41) is 15.3. The van der Waals surface area contributed by atoms with E-state index in [1.165, 1.54) is 11.1 Å². The van der Waals surface area contributed by atoms with Crippen LogP contribution in [0.3, 0.4) is 0 Å². The van der Waals surface area contributed by atoms with Crippen molar-refractivity contribution in [3.8, 4) is 5.69 Å². The molecule has 0 atom stereocenters. The Labute approximate surface area is 114 Å². The van der Waals surface area contributed by atoms with Crippen molar-refractivity contribution < 1.29 is 0 Å². The lowest BCUT2D eigenvalue weighted by Crippen LogP contribution is -2.21. The number of aromatic nitrogens is 4. The average molecular weight is 259 g/mol. The third kappa shape index (κ3) is 3.38. The molecule has 5 heteroatoms. The maximum absolute atomic E-state index is 4.09. The zero-order valence-corrected chi connectivity index (χ0v) is 12.0. The Balaban J connectivity index is 2.19. The molecule has 1 aromatic heterocycles. The summed E-state index contributed by atoms with van der Waals surface area (Å²) in [7, 11) is 0. The first-order valence-corrected chi connectivity index (χ1v) is 6.63. The van der Waals surface area contributed by atoms with Crippen LogP contribution in [0.2, 0.25) is 0 Å². The van der Waals surface area contributed by atoms with Gasteiger partial charge in [-0.25, -0.2) is 0 Å². The topological polar surface area (TPSA) is 55.6 Å². The first-order valence-electron chi connectivity index (χ1n) is 6.63. The van der Waals surface area contributed by atoms with E-state index in [-0.39, 0.29) is 0 Å². The number of hydrogen-bond acceptors (Lipinski definition) is 4. The molecule has 0 fully saturated rings. The molecule has 102 valence electrons. The highest BCUT2D eigenvalue weighted by molar-refractivity contribution is 5.42. The number of aryl methyl sites for hydroxylation is 2. The van der Waals surface area contributed by atoms with Crippen molar-refractivity contribution in [3.63, 3.8) is 0 Å². The highest BCUT2D eigenvalue weighted by Gasteiger charge is 2.10. The normalized spacial score (nSPS) is 11.2. The van der Waals surface area contributed by atoms with Crippen LogP contribution in [0.25, 0.3) is 5.69 Å². The SMILES string of the molecule is Cc1ccc(-n2nnnc2CNCC(C)C)c(C)c1. The molecule has 0 saturated heterocycles. The summed E-state index contributed by atoms with van der Waals surface area (Å²) >= 11 is 0. The van der Waals surface area contributed by atoms with Gasteiger partial charge in [-0.3, -0.25) is 0 Å². The molecule has 0 bridgehead atoms. The van der Waals surface area contributed by atoms with Crippen LogP contribution in [0, 0.1) is 19.8 Å². The zero-order chi connectivity index (χ0) is 13.8. The van der Waals surface area contributed by atoms with Gasteiger partial charge in [-0.15, -0.1) is 5.10 Å². The van der Waals surface area contributed by atoms with Crippen molar-refractivity contribution in [1.82, 2.24) is 25.5 Å². The van der Waals surface area contributed by atoms with Crippen LogP contribution in [0.4, 0.5) is 0 Å². The van der Waals surface area contributed by atoms with Gasteiger partial charge in [0.15, 0.2) is 5.82 Å². The third-order valence-electron chi connectivity index (χ3n) is 2.95. The van der Waals surface area contributed by atoms with Crippen LogP contribution < -0.4 is 5.32 Å². The highest BCUT2D eigenvalue weighted by Crippen LogP contribution is 2.15. The summed E-state index contributed by atoms with van der Waals surface area (Å²) < 4.78 is 1.81. The minimum Gasteiger partial charge on any atom is -0.310 e. The Morgan fingerprint density at radius 2 is 2.05 bits per heavy atom. The third-order valence-corrected chi connectivity index (χ3v) is 2.95. The summed E-state index contributed by atoms with van der Waals surface area (Å²) in [6.45, 7) is 10.2. The van der Waals surface area contributed by atoms with Gasteiger partial charge in [-0.1, -0.05) is 31.5 Å². The molecule has 1 heterocycles. The van der Waals surface area contributed by atoms with Crippen molar-refractivity contribution in [1.29, 1.82) is 0 Å². The van der Waals surface area contributed by atoms with E-state index in [1.807, 2.05) is 4.68 Å². The standard InChI is InChI=1S/C14H21N5/c1-10(2)8-15-9-14-16-17-18-19(14)13-6-5-11(3)7-12(13)4/h5-7,10,15H,8-9H2,1-4H3. The largest absolute Gasteiger partial charge is 0.310 e.